The van der Waals surface area contributed by atoms with Crippen LogP contribution in [0, 0.1) is 5.92 Å². The molecule has 1 aromatic heterocycles. The predicted molar refractivity (Wildman–Crippen MR) is 89.4 cm³/mol. The Morgan fingerprint density at radius 1 is 1.12 bits per heavy atom. The van der Waals surface area contributed by atoms with E-state index in [0.717, 1.165) is 5.69 Å². The van der Waals surface area contributed by atoms with E-state index in [-0.39, 0.29) is 17.9 Å². The number of nitrogens with one attached hydrogen (secondary N) is 1. The lowest BCUT2D eigenvalue weighted by atomic mass is 9.86. The first-order chi connectivity index (χ1) is 11.5. The smallest absolute Gasteiger partial charge is 0.306 e. The van der Waals surface area contributed by atoms with E-state index in [1.54, 1.807) is 29.1 Å². The molecule has 0 aliphatic heterocycles. The van der Waals surface area contributed by atoms with Crippen molar-refractivity contribution >= 4 is 23.5 Å². The van der Waals surface area contributed by atoms with Crippen LogP contribution in [0.1, 0.15) is 36.2 Å². The Morgan fingerprint density at radius 3 is 2.42 bits per heavy atom. The third kappa shape index (κ3) is 3.76. The van der Waals surface area contributed by atoms with Crippen molar-refractivity contribution in [2.75, 3.05) is 0 Å². The van der Waals surface area contributed by atoms with Crippen LogP contribution >= 0.6 is 11.6 Å². The second kappa shape index (κ2) is 7.05. The van der Waals surface area contributed by atoms with Gasteiger partial charge in [0.2, 0.25) is 0 Å². The van der Waals surface area contributed by atoms with Gasteiger partial charge in [0.05, 0.1) is 11.6 Å². The number of carboxylic acid groups (broad SMARTS) is 1. The highest BCUT2D eigenvalue weighted by molar-refractivity contribution is 6.30. The van der Waals surface area contributed by atoms with Gasteiger partial charge in [0.25, 0.3) is 5.91 Å². The number of rotatable bonds is 4. The molecular formula is C17H18ClN3O3. The van der Waals surface area contributed by atoms with Gasteiger partial charge in [-0.1, -0.05) is 11.6 Å². The first-order valence-corrected chi connectivity index (χ1v) is 8.26. The average molecular weight is 348 g/mol. The van der Waals surface area contributed by atoms with E-state index in [0.29, 0.717) is 36.4 Å². The third-order valence-corrected chi connectivity index (χ3v) is 4.58. The Hall–Kier alpha value is -2.34. The molecule has 1 aliphatic rings. The maximum atomic E-state index is 12.3. The van der Waals surface area contributed by atoms with Crippen molar-refractivity contribution in [3.8, 4) is 5.69 Å². The number of hydrogen-bond acceptors (Lipinski definition) is 3. The Morgan fingerprint density at radius 2 is 1.79 bits per heavy atom. The Labute approximate surface area is 144 Å². The maximum absolute atomic E-state index is 12.3. The van der Waals surface area contributed by atoms with Crippen LogP contribution in [-0.4, -0.2) is 32.8 Å². The summed E-state index contributed by atoms with van der Waals surface area (Å²) in [6, 6.07) is 8.84. The number of amides is 1. The van der Waals surface area contributed by atoms with Crippen LogP contribution in [0.15, 0.2) is 36.5 Å². The van der Waals surface area contributed by atoms with Gasteiger partial charge in [-0.25, -0.2) is 4.68 Å². The molecule has 1 amide bonds. The lowest BCUT2D eigenvalue weighted by molar-refractivity contribution is -0.142. The number of carboxylic acids is 1. The second-order valence-electron chi connectivity index (χ2n) is 5.98. The summed E-state index contributed by atoms with van der Waals surface area (Å²) < 4.78 is 1.62. The van der Waals surface area contributed by atoms with Gasteiger partial charge in [-0.05, 0) is 56.0 Å². The molecule has 7 heteroatoms. The number of carbonyl (C=O) groups excluding carboxylic acids is 1. The summed E-state index contributed by atoms with van der Waals surface area (Å²) >= 11 is 5.86. The first-order valence-electron chi connectivity index (χ1n) is 7.88. The molecule has 3 rings (SSSR count). The van der Waals surface area contributed by atoms with Crippen LogP contribution in [-0.2, 0) is 4.79 Å². The maximum Gasteiger partial charge on any atom is 0.306 e. The van der Waals surface area contributed by atoms with Crippen LogP contribution in [0.25, 0.3) is 5.69 Å². The third-order valence-electron chi connectivity index (χ3n) is 4.32. The van der Waals surface area contributed by atoms with E-state index in [2.05, 4.69) is 10.4 Å². The summed E-state index contributed by atoms with van der Waals surface area (Å²) in [6.45, 7) is 0. The fourth-order valence-electron chi connectivity index (χ4n) is 2.93. The van der Waals surface area contributed by atoms with Crippen molar-refractivity contribution in [3.05, 3.63) is 47.2 Å². The van der Waals surface area contributed by atoms with Gasteiger partial charge in [-0.3, -0.25) is 9.59 Å². The molecule has 1 fully saturated rings. The van der Waals surface area contributed by atoms with Crippen LogP contribution in [0.5, 0.6) is 0 Å². The summed E-state index contributed by atoms with van der Waals surface area (Å²) in [5, 5.41) is 16.9. The first kappa shape index (κ1) is 16.5. The summed E-state index contributed by atoms with van der Waals surface area (Å²) in [6.07, 6.45) is 4.28. The molecule has 1 aliphatic carbocycles. The fourth-order valence-corrected chi connectivity index (χ4v) is 3.05. The average Bonchev–Trinajstić information content (AvgIpc) is 3.06. The van der Waals surface area contributed by atoms with Crippen LogP contribution in [0.3, 0.4) is 0 Å². The van der Waals surface area contributed by atoms with Crippen LogP contribution in [0.2, 0.25) is 5.02 Å². The lowest BCUT2D eigenvalue weighted by Gasteiger charge is -2.26. The number of carbonyl (C=O) groups is 2. The van der Waals surface area contributed by atoms with Gasteiger partial charge in [0, 0.05) is 17.3 Å². The molecule has 0 spiro atoms. The minimum Gasteiger partial charge on any atom is -0.481 e. The standard InChI is InChI=1S/C17H18ClN3O3/c18-12-3-7-14(8-4-12)21-10-9-15(20-21)16(22)19-13-5-1-11(2-6-13)17(23)24/h3-4,7-11,13H,1-2,5-6H2,(H,19,22)(H,23,24). The molecule has 24 heavy (non-hydrogen) atoms. The number of benzene rings is 1. The van der Waals surface area contributed by atoms with Gasteiger partial charge in [-0.2, -0.15) is 5.10 Å². The second-order valence-corrected chi connectivity index (χ2v) is 6.42. The molecule has 0 saturated heterocycles. The quantitative estimate of drug-likeness (QED) is 0.890. The minimum atomic E-state index is -0.749. The number of aliphatic carboxylic acids is 1. The summed E-state index contributed by atoms with van der Waals surface area (Å²) in [7, 11) is 0. The number of hydrogen-bond donors (Lipinski definition) is 2. The zero-order valence-electron chi connectivity index (χ0n) is 13.0. The van der Waals surface area contributed by atoms with E-state index in [4.69, 9.17) is 16.7 Å². The van der Waals surface area contributed by atoms with Crippen LogP contribution < -0.4 is 5.32 Å². The molecule has 0 unspecified atom stereocenters. The van der Waals surface area contributed by atoms with Gasteiger partial charge in [0.15, 0.2) is 5.69 Å². The Balaban J connectivity index is 1.60. The van der Waals surface area contributed by atoms with Gasteiger partial charge >= 0.3 is 5.97 Å². The van der Waals surface area contributed by atoms with Crippen molar-refractivity contribution in [2.45, 2.75) is 31.7 Å². The highest BCUT2D eigenvalue weighted by atomic mass is 35.5. The van der Waals surface area contributed by atoms with E-state index >= 15 is 0 Å². The summed E-state index contributed by atoms with van der Waals surface area (Å²) in [5.74, 6) is -1.27. The molecule has 1 heterocycles. The van der Waals surface area contributed by atoms with E-state index in [1.165, 1.54) is 0 Å². The number of nitrogens with zero attached hydrogens (tertiary/aromatic N) is 2. The monoisotopic (exact) mass is 347 g/mol. The van der Waals surface area contributed by atoms with Crippen molar-refractivity contribution in [3.63, 3.8) is 0 Å². The zero-order chi connectivity index (χ0) is 17.1. The molecule has 126 valence electrons. The fraction of sp³-hybridized carbons (Fsp3) is 0.353. The topological polar surface area (TPSA) is 84.2 Å². The van der Waals surface area contributed by atoms with Crippen molar-refractivity contribution in [1.82, 2.24) is 15.1 Å². The molecule has 0 bridgehead atoms. The molecule has 2 N–H and O–H groups in total. The highest BCUT2D eigenvalue weighted by Gasteiger charge is 2.27. The largest absolute Gasteiger partial charge is 0.481 e. The van der Waals surface area contributed by atoms with Crippen molar-refractivity contribution in [1.29, 1.82) is 0 Å². The molecule has 6 nitrogen and oxygen atoms in total. The van der Waals surface area contributed by atoms with Crippen LogP contribution in [0.4, 0.5) is 0 Å². The van der Waals surface area contributed by atoms with E-state index in [9.17, 15) is 9.59 Å². The summed E-state index contributed by atoms with van der Waals surface area (Å²) in [4.78, 5) is 23.3. The van der Waals surface area contributed by atoms with E-state index < -0.39 is 5.97 Å². The predicted octanol–water partition coefficient (Wildman–Crippen LogP) is 2.90. The Bertz CT molecular complexity index is 734. The lowest BCUT2D eigenvalue weighted by Crippen LogP contribution is -2.38. The zero-order valence-corrected chi connectivity index (χ0v) is 13.7. The van der Waals surface area contributed by atoms with Gasteiger partial charge in [-0.15, -0.1) is 0 Å². The molecule has 1 aromatic carbocycles. The molecule has 1 saturated carbocycles. The normalized spacial score (nSPS) is 20.5. The van der Waals surface area contributed by atoms with E-state index in [1.807, 2.05) is 12.1 Å². The molecule has 0 radical (unpaired) electrons. The Kier molecular flexibility index (Phi) is 4.85. The highest BCUT2D eigenvalue weighted by Crippen LogP contribution is 2.24. The summed E-state index contributed by atoms with van der Waals surface area (Å²) in [5.41, 5.74) is 1.16. The SMILES string of the molecule is O=C(NC1CCC(C(=O)O)CC1)c1ccn(-c2ccc(Cl)cc2)n1. The molecule has 0 atom stereocenters. The van der Waals surface area contributed by atoms with Gasteiger partial charge < -0.3 is 10.4 Å². The molecular weight excluding hydrogens is 330 g/mol. The number of aromatic nitrogens is 2. The van der Waals surface area contributed by atoms with Gasteiger partial charge in [0.1, 0.15) is 0 Å². The number of halogens is 1. The van der Waals surface area contributed by atoms with Crippen molar-refractivity contribution < 1.29 is 14.7 Å². The minimum absolute atomic E-state index is 0.00813. The van der Waals surface area contributed by atoms with Crippen molar-refractivity contribution in [2.24, 2.45) is 5.92 Å². The molecule has 2 aromatic rings.